The van der Waals surface area contributed by atoms with Crippen molar-refractivity contribution in [3.05, 3.63) is 0 Å². The van der Waals surface area contributed by atoms with E-state index in [1.807, 2.05) is 0 Å². The zero-order valence-corrected chi connectivity index (χ0v) is 9.05. The Morgan fingerprint density at radius 3 is 1.75 bits per heavy atom. The molecule has 72 valence electrons. The van der Waals surface area contributed by atoms with E-state index in [9.17, 15) is 0 Å². The van der Waals surface area contributed by atoms with Crippen LogP contribution in [0, 0.1) is 11.8 Å². The standard InChI is InChI=1S/C11H22O/c1-8-6-7-9(2)10(8)12-11(3,4)5/h8-10H,6-7H2,1-5H3. The maximum absolute atomic E-state index is 6.02. The molecule has 0 radical (unpaired) electrons. The molecule has 0 aromatic heterocycles. The smallest absolute Gasteiger partial charge is 0.0633 e. The summed E-state index contributed by atoms with van der Waals surface area (Å²) in [6, 6.07) is 0. The maximum Gasteiger partial charge on any atom is 0.0633 e. The largest absolute Gasteiger partial charge is 0.372 e. The lowest BCUT2D eigenvalue weighted by atomic mass is 10.0. The van der Waals surface area contributed by atoms with Crippen molar-refractivity contribution in [3.63, 3.8) is 0 Å². The van der Waals surface area contributed by atoms with Crippen LogP contribution in [0.3, 0.4) is 0 Å². The van der Waals surface area contributed by atoms with Crippen LogP contribution in [0.2, 0.25) is 0 Å². The molecule has 1 nitrogen and oxygen atoms in total. The minimum absolute atomic E-state index is 0.0253. The van der Waals surface area contributed by atoms with Crippen molar-refractivity contribution in [2.24, 2.45) is 11.8 Å². The number of rotatable bonds is 1. The predicted molar refractivity (Wildman–Crippen MR) is 52.2 cm³/mol. The molecule has 0 aromatic carbocycles. The second-order valence-electron chi connectivity index (χ2n) is 5.23. The van der Waals surface area contributed by atoms with Crippen LogP contribution in [0.1, 0.15) is 47.5 Å². The van der Waals surface area contributed by atoms with Crippen molar-refractivity contribution in [1.82, 2.24) is 0 Å². The zero-order valence-electron chi connectivity index (χ0n) is 9.05. The van der Waals surface area contributed by atoms with E-state index in [0.29, 0.717) is 6.10 Å². The van der Waals surface area contributed by atoms with Crippen molar-refractivity contribution in [2.75, 3.05) is 0 Å². The Hall–Kier alpha value is -0.0400. The van der Waals surface area contributed by atoms with Gasteiger partial charge in [0.1, 0.15) is 0 Å². The van der Waals surface area contributed by atoms with Gasteiger partial charge in [-0.2, -0.15) is 0 Å². The van der Waals surface area contributed by atoms with Crippen molar-refractivity contribution < 1.29 is 4.74 Å². The fourth-order valence-corrected chi connectivity index (χ4v) is 2.06. The second-order valence-corrected chi connectivity index (χ2v) is 5.23. The van der Waals surface area contributed by atoms with Gasteiger partial charge in [-0.05, 0) is 45.4 Å². The molecule has 1 aliphatic carbocycles. The van der Waals surface area contributed by atoms with E-state index in [-0.39, 0.29) is 5.60 Å². The maximum atomic E-state index is 6.02. The van der Waals surface area contributed by atoms with Crippen LogP contribution in [0.15, 0.2) is 0 Å². The zero-order chi connectivity index (χ0) is 9.35. The highest BCUT2D eigenvalue weighted by Gasteiger charge is 2.33. The molecule has 0 bridgehead atoms. The quantitative estimate of drug-likeness (QED) is 0.587. The minimum Gasteiger partial charge on any atom is -0.372 e. The van der Waals surface area contributed by atoms with Gasteiger partial charge in [0, 0.05) is 0 Å². The molecule has 12 heavy (non-hydrogen) atoms. The lowest BCUT2D eigenvalue weighted by Gasteiger charge is -2.30. The van der Waals surface area contributed by atoms with E-state index in [0.717, 1.165) is 11.8 Å². The SMILES string of the molecule is CC1CCC(C)C1OC(C)(C)C. The topological polar surface area (TPSA) is 9.23 Å². The summed E-state index contributed by atoms with van der Waals surface area (Å²) in [7, 11) is 0. The van der Waals surface area contributed by atoms with Crippen LogP contribution < -0.4 is 0 Å². The molecule has 0 aliphatic heterocycles. The lowest BCUT2D eigenvalue weighted by molar-refractivity contribution is -0.0883. The van der Waals surface area contributed by atoms with Gasteiger partial charge in [-0.15, -0.1) is 0 Å². The van der Waals surface area contributed by atoms with Crippen molar-refractivity contribution in [3.8, 4) is 0 Å². The molecular weight excluding hydrogens is 148 g/mol. The van der Waals surface area contributed by atoms with Gasteiger partial charge in [-0.3, -0.25) is 0 Å². The molecule has 1 fully saturated rings. The summed E-state index contributed by atoms with van der Waals surface area (Å²) in [6.07, 6.45) is 3.16. The number of ether oxygens (including phenoxy) is 1. The van der Waals surface area contributed by atoms with Gasteiger partial charge < -0.3 is 4.74 Å². The molecule has 0 amide bonds. The number of hydrogen-bond acceptors (Lipinski definition) is 1. The first kappa shape index (κ1) is 10.0. The van der Waals surface area contributed by atoms with Gasteiger partial charge in [0.25, 0.3) is 0 Å². The first-order valence-corrected chi connectivity index (χ1v) is 5.08. The summed E-state index contributed by atoms with van der Waals surface area (Å²) in [5, 5.41) is 0. The molecule has 2 atom stereocenters. The molecule has 1 heteroatoms. The highest BCUT2D eigenvalue weighted by atomic mass is 16.5. The molecule has 1 rings (SSSR count). The molecule has 0 saturated heterocycles. The molecule has 0 spiro atoms. The third-order valence-electron chi connectivity index (χ3n) is 2.69. The Kier molecular flexibility index (Phi) is 2.82. The van der Waals surface area contributed by atoms with Crippen molar-refractivity contribution in [1.29, 1.82) is 0 Å². The third-order valence-corrected chi connectivity index (χ3v) is 2.69. The van der Waals surface area contributed by atoms with Gasteiger partial charge in [-0.25, -0.2) is 0 Å². The van der Waals surface area contributed by atoms with Gasteiger partial charge in [0.05, 0.1) is 11.7 Å². The Balaban J connectivity index is 2.50. The summed E-state index contributed by atoms with van der Waals surface area (Å²) in [6.45, 7) is 11.0. The summed E-state index contributed by atoms with van der Waals surface area (Å²) >= 11 is 0. The lowest BCUT2D eigenvalue weighted by Crippen LogP contribution is -2.32. The van der Waals surface area contributed by atoms with Crippen LogP contribution in [0.5, 0.6) is 0 Å². The molecule has 1 saturated carbocycles. The van der Waals surface area contributed by atoms with E-state index < -0.39 is 0 Å². The first-order valence-electron chi connectivity index (χ1n) is 5.08. The van der Waals surface area contributed by atoms with E-state index in [4.69, 9.17) is 4.74 Å². The van der Waals surface area contributed by atoms with Crippen LogP contribution in [0.4, 0.5) is 0 Å². The molecule has 0 N–H and O–H groups in total. The minimum atomic E-state index is 0.0253. The highest BCUT2D eigenvalue weighted by molar-refractivity contribution is 4.82. The van der Waals surface area contributed by atoms with Crippen LogP contribution in [0.25, 0.3) is 0 Å². The Morgan fingerprint density at radius 1 is 1.00 bits per heavy atom. The van der Waals surface area contributed by atoms with E-state index in [2.05, 4.69) is 34.6 Å². The average molecular weight is 170 g/mol. The summed E-state index contributed by atoms with van der Waals surface area (Å²) in [5.41, 5.74) is 0.0253. The fourth-order valence-electron chi connectivity index (χ4n) is 2.06. The van der Waals surface area contributed by atoms with Crippen LogP contribution in [-0.2, 0) is 4.74 Å². The Labute approximate surface area is 76.5 Å². The molecule has 2 unspecified atom stereocenters. The van der Waals surface area contributed by atoms with Gasteiger partial charge in [0.15, 0.2) is 0 Å². The second kappa shape index (κ2) is 3.37. The summed E-state index contributed by atoms with van der Waals surface area (Å²) in [5.74, 6) is 1.50. The summed E-state index contributed by atoms with van der Waals surface area (Å²) < 4.78 is 6.02. The molecular formula is C11H22O. The van der Waals surface area contributed by atoms with Crippen LogP contribution in [-0.4, -0.2) is 11.7 Å². The number of hydrogen-bond donors (Lipinski definition) is 0. The van der Waals surface area contributed by atoms with Gasteiger partial charge in [0.2, 0.25) is 0 Å². The van der Waals surface area contributed by atoms with Gasteiger partial charge in [-0.1, -0.05) is 13.8 Å². The van der Waals surface area contributed by atoms with E-state index >= 15 is 0 Å². The fraction of sp³-hybridized carbons (Fsp3) is 1.00. The van der Waals surface area contributed by atoms with Crippen LogP contribution >= 0.6 is 0 Å². The normalized spacial score (nSPS) is 37.2. The molecule has 0 heterocycles. The van der Waals surface area contributed by atoms with Gasteiger partial charge >= 0.3 is 0 Å². The monoisotopic (exact) mass is 170 g/mol. The van der Waals surface area contributed by atoms with E-state index in [1.165, 1.54) is 12.8 Å². The third kappa shape index (κ3) is 2.48. The van der Waals surface area contributed by atoms with E-state index in [1.54, 1.807) is 0 Å². The Bertz CT molecular complexity index is 136. The average Bonchev–Trinajstić information content (AvgIpc) is 2.16. The first-order chi connectivity index (χ1) is 5.40. The summed E-state index contributed by atoms with van der Waals surface area (Å²) in [4.78, 5) is 0. The predicted octanol–water partition coefficient (Wildman–Crippen LogP) is 3.24. The van der Waals surface area contributed by atoms with Crippen molar-refractivity contribution in [2.45, 2.75) is 59.2 Å². The van der Waals surface area contributed by atoms with Crippen molar-refractivity contribution >= 4 is 0 Å². The molecule has 0 aromatic rings. The molecule has 1 aliphatic rings. The Morgan fingerprint density at radius 2 is 1.42 bits per heavy atom. The highest BCUT2D eigenvalue weighted by Crippen LogP contribution is 2.35.